The summed E-state index contributed by atoms with van der Waals surface area (Å²) in [4.78, 5) is 48.4. The number of nitrogens with zero attached hydrogens (tertiary/aromatic N) is 1. The quantitative estimate of drug-likeness (QED) is 0.451. The van der Waals surface area contributed by atoms with E-state index in [0.717, 1.165) is 0 Å². The Balaban J connectivity index is 2.65. The number of nitrogens with two attached hydrogens (primary N) is 1. The number of carboxylic acid groups (broad SMARTS) is 1. The molecule has 136 valence electrons. The average Bonchev–Trinajstić information content (AvgIpc) is 3.00. The van der Waals surface area contributed by atoms with Gasteiger partial charge in [0.2, 0.25) is 17.7 Å². The Bertz CT molecular complexity index is 508. The predicted molar refractivity (Wildman–Crippen MR) is 85.8 cm³/mol. The minimum absolute atomic E-state index is 0.0615. The fraction of sp³-hybridized carbons (Fsp3) is 0.733. The van der Waals surface area contributed by atoms with Crippen LogP contribution >= 0.6 is 0 Å². The highest BCUT2D eigenvalue weighted by atomic mass is 16.4. The minimum atomic E-state index is -1.15. The molecule has 0 aromatic rings. The van der Waals surface area contributed by atoms with E-state index in [0.29, 0.717) is 19.4 Å². The lowest BCUT2D eigenvalue weighted by Gasteiger charge is -2.27. The maximum absolute atomic E-state index is 12.5. The summed E-state index contributed by atoms with van der Waals surface area (Å²) in [5, 5.41) is 13.5. The molecule has 0 bridgehead atoms. The topological polar surface area (TPSA) is 142 Å². The third kappa shape index (κ3) is 5.19. The Morgan fingerprint density at radius 1 is 1.25 bits per heavy atom. The number of carboxylic acids is 1. The first-order valence-electron chi connectivity index (χ1n) is 8.01. The van der Waals surface area contributed by atoms with Gasteiger partial charge < -0.3 is 26.4 Å². The second kappa shape index (κ2) is 8.62. The van der Waals surface area contributed by atoms with Crippen molar-refractivity contribution in [3.63, 3.8) is 0 Å². The van der Waals surface area contributed by atoms with Gasteiger partial charge in [-0.1, -0.05) is 13.8 Å². The largest absolute Gasteiger partial charge is 0.480 e. The average molecular weight is 342 g/mol. The first kappa shape index (κ1) is 19.9. The van der Waals surface area contributed by atoms with E-state index in [-0.39, 0.29) is 11.8 Å². The van der Waals surface area contributed by atoms with Crippen molar-refractivity contribution >= 4 is 23.7 Å². The molecule has 0 saturated carbocycles. The Morgan fingerprint density at radius 3 is 2.42 bits per heavy atom. The van der Waals surface area contributed by atoms with Gasteiger partial charge in [-0.3, -0.25) is 19.2 Å². The van der Waals surface area contributed by atoms with E-state index < -0.39 is 42.5 Å². The van der Waals surface area contributed by atoms with Crippen LogP contribution in [0, 0.1) is 5.92 Å². The smallest absolute Gasteiger partial charge is 0.322 e. The van der Waals surface area contributed by atoms with Crippen LogP contribution in [0.25, 0.3) is 0 Å². The normalized spacial score (nSPS) is 19.7. The number of carbonyl (C=O) groups excluding carboxylic acids is 3. The molecule has 1 rings (SSSR count). The highest BCUT2D eigenvalue weighted by Crippen LogP contribution is 2.18. The molecule has 0 aromatic heterocycles. The number of aliphatic carboxylic acids is 1. The number of likely N-dealkylation sites (tertiary alicyclic amines) is 1. The molecule has 3 amide bonds. The second-order valence-electron chi connectivity index (χ2n) is 6.30. The fourth-order valence-electron chi connectivity index (χ4n) is 2.51. The molecule has 0 spiro atoms. The van der Waals surface area contributed by atoms with Crippen LogP contribution in [0.15, 0.2) is 0 Å². The van der Waals surface area contributed by atoms with Crippen molar-refractivity contribution < 1.29 is 24.3 Å². The molecule has 1 heterocycles. The van der Waals surface area contributed by atoms with Crippen molar-refractivity contribution in [2.45, 2.75) is 51.7 Å². The zero-order chi connectivity index (χ0) is 18.4. The van der Waals surface area contributed by atoms with Gasteiger partial charge in [0.1, 0.15) is 18.6 Å². The van der Waals surface area contributed by atoms with Crippen LogP contribution in [0.1, 0.15) is 33.6 Å². The van der Waals surface area contributed by atoms with Crippen LogP contribution in [0.2, 0.25) is 0 Å². The molecular formula is C15H26N4O5. The first-order valence-corrected chi connectivity index (χ1v) is 8.01. The minimum Gasteiger partial charge on any atom is -0.480 e. The number of rotatable bonds is 7. The van der Waals surface area contributed by atoms with Gasteiger partial charge >= 0.3 is 5.97 Å². The summed E-state index contributed by atoms with van der Waals surface area (Å²) in [6.07, 6.45) is 1.10. The molecule has 24 heavy (non-hydrogen) atoms. The SMILES string of the molecule is CC(C)[C@H](N)C(=O)N[C@@H](C)C(=O)N1CCC[C@H]1C(=O)NCC(=O)O. The van der Waals surface area contributed by atoms with Crippen LogP contribution in [0.3, 0.4) is 0 Å². The van der Waals surface area contributed by atoms with Gasteiger partial charge in [-0.2, -0.15) is 0 Å². The molecule has 0 unspecified atom stereocenters. The Morgan fingerprint density at radius 2 is 1.88 bits per heavy atom. The van der Waals surface area contributed by atoms with Gasteiger partial charge in [0.25, 0.3) is 0 Å². The Labute approximate surface area is 140 Å². The molecular weight excluding hydrogens is 316 g/mol. The van der Waals surface area contributed by atoms with Gasteiger partial charge in [-0.15, -0.1) is 0 Å². The van der Waals surface area contributed by atoms with Gasteiger partial charge in [0.05, 0.1) is 6.04 Å². The van der Waals surface area contributed by atoms with Gasteiger partial charge in [0.15, 0.2) is 0 Å². The summed E-state index contributed by atoms with van der Waals surface area (Å²) in [5.74, 6) is -2.51. The van der Waals surface area contributed by atoms with Crippen LogP contribution in [0.4, 0.5) is 0 Å². The molecule has 3 atom stereocenters. The van der Waals surface area contributed by atoms with Gasteiger partial charge in [-0.05, 0) is 25.7 Å². The second-order valence-corrected chi connectivity index (χ2v) is 6.30. The predicted octanol–water partition coefficient (Wildman–Crippen LogP) is -1.33. The molecule has 0 aromatic carbocycles. The van der Waals surface area contributed by atoms with E-state index in [9.17, 15) is 19.2 Å². The Hall–Kier alpha value is -2.16. The van der Waals surface area contributed by atoms with E-state index >= 15 is 0 Å². The third-order valence-electron chi connectivity index (χ3n) is 4.00. The molecule has 5 N–H and O–H groups in total. The van der Waals surface area contributed by atoms with Crippen LogP contribution in [-0.4, -0.2) is 64.9 Å². The van der Waals surface area contributed by atoms with Crippen molar-refractivity contribution in [1.82, 2.24) is 15.5 Å². The lowest BCUT2D eigenvalue weighted by Crippen LogP contribution is -2.55. The lowest BCUT2D eigenvalue weighted by atomic mass is 10.0. The van der Waals surface area contributed by atoms with E-state index in [1.165, 1.54) is 11.8 Å². The highest BCUT2D eigenvalue weighted by Gasteiger charge is 2.36. The van der Waals surface area contributed by atoms with Crippen LogP contribution < -0.4 is 16.4 Å². The molecule has 0 aliphatic carbocycles. The maximum atomic E-state index is 12.5. The maximum Gasteiger partial charge on any atom is 0.322 e. The summed E-state index contributed by atoms with van der Waals surface area (Å²) in [6.45, 7) is 5.05. The first-order chi connectivity index (χ1) is 11.1. The molecule has 9 nitrogen and oxygen atoms in total. The summed E-state index contributed by atoms with van der Waals surface area (Å²) < 4.78 is 0. The van der Waals surface area contributed by atoms with Crippen LogP contribution in [0.5, 0.6) is 0 Å². The van der Waals surface area contributed by atoms with E-state index in [1.54, 1.807) is 13.8 Å². The molecule has 9 heteroatoms. The van der Waals surface area contributed by atoms with Crippen molar-refractivity contribution in [1.29, 1.82) is 0 Å². The number of hydrogen-bond acceptors (Lipinski definition) is 5. The van der Waals surface area contributed by atoms with Gasteiger partial charge in [-0.25, -0.2) is 0 Å². The molecule has 1 aliphatic heterocycles. The summed E-state index contributed by atoms with van der Waals surface area (Å²) in [7, 11) is 0. The standard InChI is InChI=1S/C15H26N4O5/c1-8(2)12(16)14(23)18-9(3)15(24)19-6-4-5-10(19)13(22)17-7-11(20)21/h8-10,12H,4-7,16H2,1-3H3,(H,17,22)(H,18,23)(H,20,21)/t9-,10-,12-/m0/s1. The number of amides is 3. The molecule has 1 aliphatic rings. The van der Waals surface area contributed by atoms with Crippen LogP contribution in [-0.2, 0) is 19.2 Å². The van der Waals surface area contributed by atoms with E-state index in [2.05, 4.69) is 10.6 Å². The number of hydrogen-bond donors (Lipinski definition) is 4. The lowest BCUT2D eigenvalue weighted by molar-refractivity contribution is -0.142. The zero-order valence-electron chi connectivity index (χ0n) is 14.2. The van der Waals surface area contributed by atoms with E-state index in [4.69, 9.17) is 10.8 Å². The van der Waals surface area contributed by atoms with Crippen molar-refractivity contribution in [3.8, 4) is 0 Å². The Kier molecular flexibility index (Phi) is 7.15. The summed E-state index contributed by atoms with van der Waals surface area (Å²) >= 11 is 0. The monoisotopic (exact) mass is 342 g/mol. The number of nitrogens with one attached hydrogen (secondary N) is 2. The van der Waals surface area contributed by atoms with E-state index in [1.807, 2.05) is 0 Å². The van der Waals surface area contributed by atoms with Crippen molar-refractivity contribution in [3.05, 3.63) is 0 Å². The summed E-state index contributed by atoms with van der Waals surface area (Å²) in [6, 6.07) is -2.24. The molecule has 1 saturated heterocycles. The number of carbonyl (C=O) groups is 4. The fourth-order valence-corrected chi connectivity index (χ4v) is 2.51. The zero-order valence-corrected chi connectivity index (χ0v) is 14.2. The molecule has 0 radical (unpaired) electrons. The summed E-state index contributed by atoms with van der Waals surface area (Å²) in [5.41, 5.74) is 5.75. The third-order valence-corrected chi connectivity index (χ3v) is 4.00. The van der Waals surface area contributed by atoms with Crippen molar-refractivity contribution in [2.24, 2.45) is 11.7 Å². The molecule has 1 fully saturated rings. The van der Waals surface area contributed by atoms with Crippen molar-refractivity contribution in [2.75, 3.05) is 13.1 Å². The highest BCUT2D eigenvalue weighted by molar-refractivity contribution is 5.93. The van der Waals surface area contributed by atoms with Gasteiger partial charge in [0, 0.05) is 6.54 Å².